The highest BCUT2D eigenvalue weighted by atomic mass is 32.2. The highest BCUT2D eigenvalue weighted by Gasteiger charge is 2.35. The summed E-state index contributed by atoms with van der Waals surface area (Å²) in [5.41, 5.74) is 3.27. The van der Waals surface area contributed by atoms with E-state index in [0.717, 1.165) is 28.7 Å². The van der Waals surface area contributed by atoms with E-state index in [1.54, 1.807) is 18.0 Å². The molecular formula is C23H22N6OS. The lowest BCUT2D eigenvalue weighted by molar-refractivity contribution is 0.243. The molecule has 0 spiro atoms. The number of benzene rings is 2. The Morgan fingerprint density at radius 1 is 1.10 bits per heavy atom. The van der Waals surface area contributed by atoms with Gasteiger partial charge in [-0.25, -0.2) is 9.98 Å². The van der Waals surface area contributed by atoms with Crippen LogP contribution < -0.4 is 10.2 Å². The van der Waals surface area contributed by atoms with Gasteiger partial charge in [-0.3, -0.25) is 14.4 Å². The molecule has 2 aromatic heterocycles. The summed E-state index contributed by atoms with van der Waals surface area (Å²) < 4.78 is 7.81. The van der Waals surface area contributed by atoms with Crippen molar-refractivity contribution in [2.24, 2.45) is 4.99 Å². The van der Waals surface area contributed by atoms with Crippen molar-refractivity contribution in [3.8, 4) is 0 Å². The van der Waals surface area contributed by atoms with Crippen LogP contribution in [-0.4, -0.2) is 40.0 Å². The van der Waals surface area contributed by atoms with E-state index in [-0.39, 0.29) is 6.17 Å². The number of imidazole rings is 1. The second-order valence-corrected chi connectivity index (χ2v) is 8.57. The van der Waals surface area contributed by atoms with Crippen molar-refractivity contribution in [2.45, 2.75) is 17.6 Å². The Hall–Kier alpha value is -3.23. The van der Waals surface area contributed by atoms with Crippen LogP contribution in [0.25, 0.3) is 11.0 Å². The maximum atomic E-state index is 5.54. The van der Waals surface area contributed by atoms with Crippen LogP contribution in [0.5, 0.6) is 0 Å². The number of hydrogen-bond donors (Lipinski definition) is 1. The van der Waals surface area contributed by atoms with Gasteiger partial charge in [0.05, 0.1) is 37.2 Å². The van der Waals surface area contributed by atoms with Gasteiger partial charge in [0, 0.05) is 4.90 Å². The summed E-state index contributed by atoms with van der Waals surface area (Å²) in [5.74, 6) is 2.70. The molecule has 7 nitrogen and oxygen atoms in total. The van der Waals surface area contributed by atoms with E-state index in [9.17, 15) is 0 Å². The molecule has 6 rings (SSSR count). The molecular weight excluding hydrogens is 408 g/mol. The monoisotopic (exact) mass is 430 g/mol. The third-order valence-corrected chi connectivity index (χ3v) is 6.49. The van der Waals surface area contributed by atoms with Crippen LogP contribution in [0.1, 0.15) is 17.5 Å². The number of thioether (sulfide) groups is 1. The van der Waals surface area contributed by atoms with Gasteiger partial charge in [-0.2, -0.15) is 0 Å². The van der Waals surface area contributed by atoms with E-state index < -0.39 is 0 Å². The number of anilines is 1. The molecule has 1 unspecified atom stereocenters. The van der Waals surface area contributed by atoms with Crippen LogP contribution in [0, 0.1) is 0 Å². The molecule has 0 fully saturated rings. The SMILES string of the molecule is CSc1ccc(C2NC3=NCN(Cc4ccco4)CN3c3nc4ccccc4n32)cc1. The normalized spacial score (nSPS) is 18.4. The molecule has 2 aliphatic rings. The number of aromatic nitrogens is 2. The smallest absolute Gasteiger partial charge is 0.216 e. The van der Waals surface area contributed by atoms with Gasteiger partial charge < -0.3 is 9.73 Å². The van der Waals surface area contributed by atoms with E-state index >= 15 is 0 Å². The molecule has 8 heteroatoms. The predicted molar refractivity (Wildman–Crippen MR) is 123 cm³/mol. The van der Waals surface area contributed by atoms with Crippen LogP contribution in [0.15, 0.2) is 81.2 Å². The zero-order valence-corrected chi connectivity index (χ0v) is 17.9. The largest absolute Gasteiger partial charge is 0.468 e. The Bertz CT molecular complexity index is 1250. The van der Waals surface area contributed by atoms with E-state index in [1.165, 1.54) is 10.5 Å². The molecule has 2 aromatic carbocycles. The van der Waals surface area contributed by atoms with Crippen molar-refractivity contribution in [1.82, 2.24) is 19.8 Å². The minimum absolute atomic E-state index is 0.0649. The first-order valence-electron chi connectivity index (χ1n) is 10.2. The van der Waals surface area contributed by atoms with E-state index in [4.69, 9.17) is 14.4 Å². The minimum atomic E-state index is -0.0649. The van der Waals surface area contributed by atoms with Crippen molar-refractivity contribution in [3.05, 3.63) is 78.3 Å². The number of nitrogens with zero attached hydrogens (tertiary/aromatic N) is 5. The molecule has 4 heterocycles. The number of nitrogens with one attached hydrogen (secondary N) is 1. The Morgan fingerprint density at radius 3 is 2.77 bits per heavy atom. The molecule has 4 aromatic rings. The summed E-state index contributed by atoms with van der Waals surface area (Å²) in [4.78, 5) is 15.5. The lowest BCUT2D eigenvalue weighted by atomic mass is 10.1. The first-order chi connectivity index (χ1) is 15.3. The van der Waals surface area contributed by atoms with Gasteiger partial charge in [0.25, 0.3) is 0 Å². The van der Waals surface area contributed by atoms with Gasteiger partial charge in [0.1, 0.15) is 11.9 Å². The van der Waals surface area contributed by atoms with Crippen LogP contribution >= 0.6 is 11.8 Å². The number of fused-ring (bicyclic) bond motifs is 5. The molecule has 0 aliphatic carbocycles. The molecule has 0 amide bonds. The summed E-state index contributed by atoms with van der Waals surface area (Å²) in [5, 5.41) is 3.67. The molecule has 156 valence electrons. The molecule has 0 saturated carbocycles. The minimum Gasteiger partial charge on any atom is -0.468 e. The fourth-order valence-electron chi connectivity index (χ4n) is 4.25. The average Bonchev–Trinajstić information content (AvgIpc) is 3.47. The molecule has 2 aliphatic heterocycles. The first-order valence-corrected chi connectivity index (χ1v) is 11.5. The average molecular weight is 431 g/mol. The molecule has 1 N–H and O–H groups in total. The Labute approximate surface area is 184 Å². The number of hydrogen-bond acceptors (Lipinski definition) is 7. The molecule has 0 saturated heterocycles. The summed E-state index contributed by atoms with van der Waals surface area (Å²) in [7, 11) is 0. The van der Waals surface area contributed by atoms with Crippen molar-refractivity contribution >= 4 is 34.7 Å². The predicted octanol–water partition coefficient (Wildman–Crippen LogP) is 4.09. The molecule has 0 bridgehead atoms. The number of furan rings is 1. The fourth-order valence-corrected chi connectivity index (χ4v) is 4.66. The van der Waals surface area contributed by atoms with Crippen molar-refractivity contribution in [3.63, 3.8) is 0 Å². The van der Waals surface area contributed by atoms with Crippen LogP contribution in [0.4, 0.5) is 5.95 Å². The summed E-state index contributed by atoms with van der Waals surface area (Å²) in [6.45, 7) is 2.01. The van der Waals surface area contributed by atoms with E-state index in [0.29, 0.717) is 19.9 Å². The lowest BCUT2D eigenvalue weighted by Crippen LogP contribution is -2.57. The summed E-state index contributed by atoms with van der Waals surface area (Å²) in [6, 6.07) is 20.9. The molecule has 1 atom stereocenters. The molecule has 0 radical (unpaired) electrons. The topological polar surface area (TPSA) is 61.8 Å². The standard InChI is InChI=1S/C23H22N6OS/c1-31-18-10-8-16(9-11-18)21-26-22-24-14-27(13-17-5-4-12-30-17)15-28(22)23-25-19-6-2-3-7-20(19)29(21)23/h2-12,21H,13-15H2,1H3,(H,24,26). The van der Waals surface area contributed by atoms with Gasteiger partial charge in [0.2, 0.25) is 11.9 Å². The zero-order valence-electron chi connectivity index (χ0n) is 17.1. The second-order valence-electron chi connectivity index (χ2n) is 7.69. The maximum Gasteiger partial charge on any atom is 0.216 e. The lowest BCUT2D eigenvalue weighted by Gasteiger charge is -2.41. The number of para-hydroxylation sites is 2. The van der Waals surface area contributed by atoms with E-state index in [1.807, 2.05) is 18.2 Å². The van der Waals surface area contributed by atoms with E-state index in [2.05, 4.69) is 68.4 Å². The number of aliphatic imine (C=N–C) groups is 1. The Kier molecular flexibility index (Phi) is 4.47. The van der Waals surface area contributed by atoms with Gasteiger partial charge >= 0.3 is 0 Å². The Morgan fingerprint density at radius 2 is 1.97 bits per heavy atom. The third-order valence-electron chi connectivity index (χ3n) is 5.75. The van der Waals surface area contributed by atoms with Gasteiger partial charge in [-0.05, 0) is 48.2 Å². The summed E-state index contributed by atoms with van der Waals surface area (Å²) >= 11 is 1.75. The highest BCUT2D eigenvalue weighted by molar-refractivity contribution is 7.98. The first kappa shape index (κ1) is 18.5. The van der Waals surface area contributed by atoms with Crippen LogP contribution in [0.3, 0.4) is 0 Å². The maximum absolute atomic E-state index is 5.54. The van der Waals surface area contributed by atoms with Crippen LogP contribution in [0.2, 0.25) is 0 Å². The van der Waals surface area contributed by atoms with Gasteiger partial charge in [-0.15, -0.1) is 11.8 Å². The quantitative estimate of drug-likeness (QED) is 0.492. The third kappa shape index (κ3) is 3.19. The zero-order chi connectivity index (χ0) is 20.8. The second kappa shape index (κ2) is 7.47. The molecule has 31 heavy (non-hydrogen) atoms. The fraction of sp³-hybridized carbons (Fsp3) is 0.217. The van der Waals surface area contributed by atoms with Gasteiger partial charge in [0.15, 0.2) is 0 Å². The Balaban J connectivity index is 1.42. The van der Waals surface area contributed by atoms with Crippen molar-refractivity contribution < 1.29 is 4.42 Å². The highest BCUT2D eigenvalue weighted by Crippen LogP contribution is 2.34. The van der Waals surface area contributed by atoms with Crippen LogP contribution in [-0.2, 0) is 6.54 Å². The number of guanidine groups is 1. The van der Waals surface area contributed by atoms with Crippen molar-refractivity contribution in [1.29, 1.82) is 0 Å². The van der Waals surface area contributed by atoms with Crippen molar-refractivity contribution in [2.75, 3.05) is 24.5 Å². The summed E-state index contributed by atoms with van der Waals surface area (Å²) in [6.07, 6.45) is 3.74. The van der Waals surface area contributed by atoms with Gasteiger partial charge in [-0.1, -0.05) is 24.3 Å². The number of rotatable bonds is 4.